The molecule has 6 heavy (non-hydrogen) atoms. The molecule has 1 N–H and O–H groups in total. The standard InChI is InChI=1S/CH4O2S.K.H2O/c1-4(2)3;;/h1H3,(H,2,3);;1H2/q;+1;/p-2. The molecule has 0 saturated carbocycles. The van der Waals surface area contributed by atoms with E-state index < -0.39 is 11.1 Å². The van der Waals surface area contributed by atoms with Crippen molar-refractivity contribution >= 4 is 11.1 Å². The van der Waals surface area contributed by atoms with Crippen molar-refractivity contribution in [1.29, 1.82) is 0 Å². The van der Waals surface area contributed by atoms with E-state index in [1.165, 1.54) is 0 Å². The molecule has 0 bridgehead atoms. The van der Waals surface area contributed by atoms with E-state index in [0.717, 1.165) is 6.26 Å². The zero-order valence-electron chi connectivity index (χ0n) is 3.67. The summed E-state index contributed by atoms with van der Waals surface area (Å²) in [6.45, 7) is 0. The van der Waals surface area contributed by atoms with E-state index in [4.69, 9.17) is 8.76 Å². The SMILES string of the molecule is CS(=O)[O-].[K+].[OH-]. The van der Waals surface area contributed by atoms with Gasteiger partial charge in [0.15, 0.2) is 0 Å². The minimum atomic E-state index is -1.86. The van der Waals surface area contributed by atoms with E-state index >= 15 is 0 Å². The molecule has 1 atom stereocenters. The van der Waals surface area contributed by atoms with Crippen LogP contribution in [-0.4, -0.2) is 20.5 Å². The fourth-order valence-electron chi connectivity index (χ4n) is 0. The first-order valence-corrected chi connectivity index (χ1v) is 2.22. The van der Waals surface area contributed by atoms with Crippen LogP contribution >= 0.6 is 0 Å². The quantitative estimate of drug-likeness (QED) is 0.254. The summed E-state index contributed by atoms with van der Waals surface area (Å²) in [5.41, 5.74) is 0. The van der Waals surface area contributed by atoms with Gasteiger partial charge in [0.2, 0.25) is 0 Å². The zero-order chi connectivity index (χ0) is 3.58. The molecule has 0 radical (unpaired) electrons. The second-order valence-corrected chi connectivity index (χ2v) is 1.20. The fraction of sp³-hybridized carbons (Fsp3) is 1.00. The Morgan fingerprint density at radius 2 is 1.67 bits per heavy atom. The molecule has 0 aromatic carbocycles. The van der Waals surface area contributed by atoms with E-state index in [9.17, 15) is 0 Å². The van der Waals surface area contributed by atoms with Crippen LogP contribution in [-0.2, 0) is 11.1 Å². The first-order chi connectivity index (χ1) is 1.73. The van der Waals surface area contributed by atoms with Crippen LogP contribution in [0.3, 0.4) is 0 Å². The van der Waals surface area contributed by atoms with Gasteiger partial charge in [0.25, 0.3) is 0 Å². The van der Waals surface area contributed by atoms with Crippen LogP contribution < -0.4 is 51.4 Å². The van der Waals surface area contributed by atoms with Crippen molar-refractivity contribution in [2.75, 3.05) is 6.26 Å². The zero-order valence-corrected chi connectivity index (χ0v) is 7.61. The summed E-state index contributed by atoms with van der Waals surface area (Å²) in [4.78, 5) is 0. The Morgan fingerprint density at radius 1 is 1.67 bits per heavy atom. The van der Waals surface area contributed by atoms with Gasteiger partial charge < -0.3 is 10.0 Å². The van der Waals surface area contributed by atoms with Gasteiger partial charge in [-0.3, -0.25) is 4.21 Å². The van der Waals surface area contributed by atoms with Crippen molar-refractivity contribution in [3.8, 4) is 0 Å². The van der Waals surface area contributed by atoms with Gasteiger partial charge in [0, 0.05) is 0 Å². The predicted molar refractivity (Wildman–Crippen MR) is 16.8 cm³/mol. The maximum Gasteiger partial charge on any atom is 1.00 e. The minimum absolute atomic E-state index is 0. The molecule has 0 aliphatic rings. The van der Waals surface area contributed by atoms with E-state index in [0.29, 0.717) is 0 Å². The molecular weight excluding hydrogens is 131 g/mol. The third-order valence-electron chi connectivity index (χ3n) is 0. The Balaban J connectivity index is -0.0000000450. The Morgan fingerprint density at radius 3 is 1.67 bits per heavy atom. The first-order valence-electron chi connectivity index (χ1n) is 0.742. The van der Waals surface area contributed by atoms with E-state index in [1.54, 1.807) is 0 Å². The molecule has 0 rings (SSSR count). The van der Waals surface area contributed by atoms with E-state index in [-0.39, 0.29) is 56.9 Å². The summed E-state index contributed by atoms with van der Waals surface area (Å²) in [6, 6.07) is 0. The summed E-state index contributed by atoms with van der Waals surface area (Å²) < 4.78 is 18.0. The van der Waals surface area contributed by atoms with Gasteiger partial charge in [0.05, 0.1) is 0 Å². The molecule has 0 aromatic heterocycles. The molecule has 3 nitrogen and oxygen atoms in total. The maximum atomic E-state index is 9.00. The van der Waals surface area contributed by atoms with Gasteiger partial charge in [0.1, 0.15) is 0 Å². The van der Waals surface area contributed by atoms with Gasteiger partial charge in [-0.15, -0.1) is 0 Å². The molecule has 34 valence electrons. The van der Waals surface area contributed by atoms with Gasteiger partial charge >= 0.3 is 51.4 Å². The molecule has 0 aliphatic carbocycles. The topological polar surface area (TPSA) is 70.1 Å². The third-order valence-corrected chi connectivity index (χ3v) is 0. The molecular formula is CH4KO3S-. The summed E-state index contributed by atoms with van der Waals surface area (Å²) in [6.07, 6.45) is 1.08. The van der Waals surface area contributed by atoms with Crippen LogP contribution in [0.2, 0.25) is 0 Å². The number of hydrogen-bond acceptors (Lipinski definition) is 3. The van der Waals surface area contributed by atoms with Crippen molar-refractivity contribution in [3.63, 3.8) is 0 Å². The second kappa shape index (κ2) is 9.86. The fourth-order valence-corrected chi connectivity index (χ4v) is 0. The molecule has 0 heterocycles. The molecule has 0 saturated heterocycles. The minimum Gasteiger partial charge on any atom is -0.870 e. The monoisotopic (exact) mass is 135 g/mol. The third kappa shape index (κ3) is 43.4. The van der Waals surface area contributed by atoms with Crippen LogP contribution in [0, 0.1) is 0 Å². The van der Waals surface area contributed by atoms with Gasteiger partial charge in [-0.05, 0) is 6.26 Å². The van der Waals surface area contributed by atoms with Crippen LogP contribution in [0.25, 0.3) is 0 Å². The van der Waals surface area contributed by atoms with Gasteiger partial charge in [-0.2, -0.15) is 0 Å². The molecule has 0 amide bonds. The average molecular weight is 135 g/mol. The summed E-state index contributed by atoms with van der Waals surface area (Å²) >= 11 is -1.86. The van der Waals surface area contributed by atoms with Crippen molar-refractivity contribution in [3.05, 3.63) is 0 Å². The normalized spacial score (nSPS) is 10.3. The van der Waals surface area contributed by atoms with Gasteiger partial charge in [-0.1, -0.05) is 11.1 Å². The Kier molecular flexibility index (Phi) is 25.7. The van der Waals surface area contributed by atoms with Crippen LogP contribution in [0.5, 0.6) is 0 Å². The molecule has 0 aromatic rings. The molecule has 1 unspecified atom stereocenters. The number of rotatable bonds is 0. The summed E-state index contributed by atoms with van der Waals surface area (Å²) in [5, 5.41) is 0. The van der Waals surface area contributed by atoms with Crippen molar-refractivity contribution in [1.82, 2.24) is 0 Å². The van der Waals surface area contributed by atoms with Crippen molar-refractivity contribution in [2.45, 2.75) is 0 Å². The predicted octanol–water partition coefficient (Wildman–Crippen LogP) is -3.68. The molecule has 5 heteroatoms. The van der Waals surface area contributed by atoms with Crippen molar-refractivity contribution in [2.24, 2.45) is 0 Å². The summed E-state index contributed by atoms with van der Waals surface area (Å²) in [5.74, 6) is 0. The average Bonchev–Trinajstić information content (AvgIpc) is 0.811. The smallest absolute Gasteiger partial charge is 0.870 e. The molecule has 0 spiro atoms. The van der Waals surface area contributed by atoms with Crippen LogP contribution in [0.15, 0.2) is 0 Å². The Bertz CT molecular complexity index is 33.8. The second-order valence-electron chi connectivity index (χ2n) is 0.401. The largest absolute Gasteiger partial charge is 1.00 e. The Labute approximate surface area is 81.5 Å². The van der Waals surface area contributed by atoms with Crippen molar-refractivity contribution < 1.29 is 65.6 Å². The van der Waals surface area contributed by atoms with Gasteiger partial charge in [-0.25, -0.2) is 0 Å². The van der Waals surface area contributed by atoms with Crippen LogP contribution in [0.4, 0.5) is 0 Å². The summed E-state index contributed by atoms with van der Waals surface area (Å²) in [7, 11) is 0. The van der Waals surface area contributed by atoms with E-state index in [1.807, 2.05) is 0 Å². The molecule has 0 fully saturated rings. The van der Waals surface area contributed by atoms with E-state index in [2.05, 4.69) is 0 Å². The first kappa shape index (κ1) is 15.6. The number of hydrogen-bond donors (Lipinski definition) is 0. The Hall–Kier alpha value is 1.71. The van der Waals surface area contributed by atoms with Crippen LogP contribution in [0.1, 0.15) is 0 Å². The maximum absolute atomic E-state index is 9.00. The molecule has 0 aliphatic heterocycles.